The highest BCUT2D eigenvalue weighted by molar-refractivity contribution is 6.00. The molecule has 0 fully saturated rings. The molecule has 0 aliphatic carbocycles. The van der Waals surface area contributed by atoms with Crippen LogP contribution in [0.5, 0.6) is 11.5 Å². The van der Waals surface area contributed by atoms with Gasteiger partial charge in [0.2, 0.25) is 0 Å². The summed E-state index contributed by atoms with van der Waals surface area (Å²) in [6, 6.07) is 11.8. The van der Waals surface area contributed by atoms with E-state index in [0.29, 0.717) is 0 Å². The lowest BCUT2D eigenvalue weighted by Crippen LogP contribution is -2.16. The summed E-state index contributed by atoms with van der Waals surface area (Å²) in [4.78, 5) is 46.3. The lowest BCUT2D eigenvalue weighted by atomic mass is 10.2. The van der Waals surface area contributed by atoms with Crippen molar-refractivity contribution in [1.82, 2.24) is 0 Å². The fraction of sp³-hybridized carbons (Fsp3) is 0.111. The number of carbonyl (C=O) groups is 4. The van der Waals surface area contributed by atoms with Crippen molar-refractivity contribution in [2.45, 2.75) is 13.8 Å². The molecule has 0 aliphatic rings. The molecule has 7 heteroatoms. The van der Waals surface area contributed by atoms with E-state index in [9.17, 15) is 19.2 Å². The summed E-state index contributed by atoms with van der Waals surface area (Å²) in [5.74, 6) is -3.21. The van der Waals surface area contributed by atoms with Crippen molar-refractivity contribution in [2.24, 2.45) is 0 Å². The topological polar surface area (TPSA) is 96.0 Å². The first kappa shape index (κ1) is 17.9. The third-order valence-corrected chi connectivity index (χ3v) is 2.91. The molecule has 0 spiro atoms. The Morgan fingerprint density at radius 1 is 0.640 bits per heavy atom. The smallest absolute Gasteiger partial charge is 0.349 e. The predicted octanol–water partition coefficient (Wildman–Crippen LogP) is 2.53. The summed E-state index contributed by atoms with van der Waals surface area (Å²) in [5.41, 5.74) is -0.0801. The molecule has 0 amide bonds. The largest absolute Gasteiger partial charge is 0.426 e. The highest BCUT2D eigenvalue weighted by atomic mass is 16.6. The van der Waals surface area contributed by atoms with Gasteiger partial charge < -0.3 is 14.2 Å². The van der Waals surface area contributed by atoms with Gasteiger partial charge in [-0.05, 0) is 24.3 Å². The lowest BCUT2D eigenvalue weighted by molar-refractivity contribution is -0.135. The standard InChI is InChI=1S/C18H14O7/c1-11(19)23-15-9-5-3-7-13(15)18(22)25-16-10-6-4-8-14(16)17(21)24-12(2)20/h3-10H,1-2H3. The highest BCUT2D eigenvalue weighted by Gasteiger charge is 2.20. The second-order valence-electron chi connectivity index (χ2n) is 4.86. The van der Waals surface area contributed by atoms with Crippen LogP contribution in [0.4, 0.5) is 0 Å². The Balaban J connectivity index is 2.29. The van der Waals surface area contributed by atoms with Crippen LogP contribution in [-0.4, -0.2) is 23.9 Å². The van der Waals surface area contributed by atoms with Gasteiger partial charge in [-0.15, -0.1) is 0 Å². The molecule has 0 atom stereocenters. The highest BCUT2D eigenvalue weighted by Crippen LogP contribution is 2.24. The third-order valence-electron chi connectivity index (χ3n) is 2.91. The number of ether oxygens (including phenoxy) is 3. The third kappa shape index (κ3) is 4.74. The van der Waals surface area contributed by atoms with E-state index in [1.807, 2.05) is 0 Å². The molecule has 0 unspecified atom stereocenters. The van der Waals surface area contributed by atoms with Crippen LogP contribution in [0.1, 0.15) is 34.6 Å². The maximum atomic E-state index is 12.4. The minimum atomic E-state index is -0.941. The molecule has 2 aromatic carbocycles. The van der Waals surface area contributed by atoms with Gasteiger partial charge >= 0.3 is 23.9 Å². The molecule has 0 saturated carbocycles. The summed E-state index contributed by atoms with van der Waals surface area (Å²) < 4.78 is 14.7. The van der Waals surface area contributed by atoms with Gasteiger partial charge in [-0.1, -0.05) is 24.3 Å². The molecule has 0 N–H and O–H groups in total. The monoisotopic (exact) mass is 342 g/mol. The number of hydrogen-bond acceptors (Lipinski definition) is 7. The molecule has 0 saturated heterocycles. The molecule has 0 heterocycles. The van der Waals surface area contributed by atoms with E-state index >= 15 is 0 Å². The number of hydrogen-bond donors (Lipinski definition) is 0. The van der Waals surface area contributed by atoms with Crippen LogP contribution in [0.3, 0.4) is 0 Å². The summed E-state index contributed by atoms with van der Waals surface area (Å²) in [7, 11) is 0. The quantitative estimate of drug-likeness (QED) is 0.478. The zero-order valence-electron chi connectivity index (χ0n) is 13.5. The van der Waals surface area contributed by atoms with E-state index in [-0.39, 0.29) is 22.6 Å². The van der Waals surface area contributed by atoms with Crippen LogP contribution in [0.25, 0.3) is 0 Å². The second-order valence-corrected chi connectivity index (χ2v) is 4.86. The van der Waals surface area contributed by atoms with Crippen LogP contribution >= 0.6 is 0 Å². The van der Waals surface area contributed by atoms with Crippen molar-refractivity contribution in [3.63, 3.8) is 0 Å². The van der Waals surface area contributed by atoms with E-state index in [1.54, 1.807) is 18.2 Å². The first-order valence-electron chi connectivity index (χ1n) is 7.20. The molecule has 2 rings (SSSR count). The summed E-state index contributed by atoms with van der Waals surface area (Å²) in [5, 5.41) is 0. The van der Waals surface area contributed by atoms with Crippen LogP contribution in [0, 0.1) is 0 Å². The van der Waals surface area contributed by atoms with Gasteiger partial charge in [0.1, 0.15) is 22.6 Å². The Kier molecular flexibility index (Phi) is 5.62. The lowest BCUT2D eigenvalue weighted by Gasteiger charge is -2.11. The van der Waals surface area contributed by atoms with Gasteiger partial charge in [0, 0.05) is 13.8 Å². The SMILES string of the molecule is CC(=O)OC(=O)c1ccccc1OC(=O)c1ccccc1OC(C)=O. The van der Waals surface area contributed by atoms with E-state index in [4.69, 9.17) is 9.47 Å². The molecule has 0 radical (unpaired) electrons. The molecule has 128 valence electrons. The van der Waals surface area contributed by atoms with Crippen molar-refractivity contribution in [2.75, 3.05) is 0 Å². The minimum Gasteiger partial charge on any atom is -0.426 e. The van der Waals surface area contributed by atoms with Crippen LogP contribution in [-0.2, 0) is 14.3 Å². The van der Waals surface area contributed by atoms with E-state index < -0.39 is 23.9 Å². The van der Waals surface area contributed by atoms with Crippen molar-refractivity contribution >= 4 is 23.9 Å². The minimum absolute atomic E-state index is 0.00689. The van der Waals surface area contributed by atoms with Crippen LogP contribution in [0.15, 0.2) is 48.5 Å². The zero-order chi connectivity index (χ0) is 18.4. The molecule has 7 nitrogen and oxygen atoms in total. The Morgan fingerprint density at radius 2 is 1.12 bits per heavy atom. The normalized spacial score (nSPS) is 9.84. The van der Waals surface area contributed by atoms with Gasteiger partial charge in [0.15, 0.2) is 0 Å². The summed E-state index contributed by atoms with van der Waals surface area (Å²) in [6.45, 7) is 2.29. The van der Waals surface area contributed by atoms with E-state index in [2.05, 4.69) is 4.74 Å². The number of rotatable bonds is 4. The Bertz CT molecular complexity index is 839. The number of esters is 4. The first-order chi connectivity index (χ1) is 11.9. The maximum Gasteiger partial charge on any atom is 0.349 e. The van der Waals surface area contributed by atoms with Gasteiger partial charge in [-0.25, -0.2) is 9.59 Å². The van der Waals surface area contributed by atoms with Gasteiger partial charge in [-0.2, -0.15) is 0 Å². The Labute approximate surface area is 143 Å². The Hall–Kier alpha value is -3.48. The fourth-order valence-corrected chi connectivity index (χ4v) is 1.94. The molecule has 0 bridgehead atoms. The number of benzene rings is 2. The number of carbonyl (C=O) groups excluding carboxylic acids is 4. The predicted molar refractivity (Wildman–Crippen MR) is 85.2 cm³/mol. The van der Waals surface area contributed by atoms with Gasteiger partial charge in [-0.3, -0.25) is 9.59 Å². The number of para-hydroxylation sites is 2. The molecule has 0 aromatic heterocycles. The molecule has 0 aliphatic heterocycles. The van der Waals surface area contributed by atoms with Crippen LogP contribution in [0.2, 0.25) is 0 Å². The van der Waals surface area contributed by atoms with E-state index in [1.165, 1.54) is 37.3 Å². The molecular weight excluding hydrogens is 328 g/mol. The van der Waals surface area contributed by atoms with Crippen LogP contribution < -0.4 is 9.47 Å². The van der Waals surface area contributed by atoms with E-state index in [0.717, 1.165) is 6.92 Å². The summed E-state index contributed by atoms with van der Waals surface area (Å²) in [6.07, 6.45) is 0. The van der Waals surface area contributed by atoms with Crippen molar-refractivity contribution < 1.29 is 33.4 Å². The van der Waals surface area contributed by atoms with Crippen molar-refractivity contribution in [1.29, 1.82) is 0 Å². The van der Waals surface area contributed by atoms with Crippen molar-refractivity contribution in [3.8, 4) is 11.5 Å². The zero-order valence-corrected chi connectivity index (χ0v) is 13.5. The van der Waals surface area contributed by atoms with Crippen molar-refractivity contribution in [3.05, 3.63) is 59.7 Å². The Morgan fingerprint density at radius 3 is 1.64 bits per heavy atom. The molecule has 25 heavy (non-hydrogen) atoms. The second kappa shape index (κ2) is 7.87. The van der Waals surface area contributed by atoms with Gasteiger partial charge in [0.25, 0.3) is 0 Å². The first-order valence-corrected chi connectivity index (χ1v) is 7.20. The average molecular weight is 342 g/mol. The average Bonchev–Trinajstić information content (AvgIpc) is 2.54. The maximum absolute atomic E-state index is 12.4. The molecular formula is C18H14O7. The van der Waals surface area contributed by atoms with Gasteiger partial charge in [0.05, 0.1) is 0 Å². The summed E-state index contributed by atoms with van der Waals surface area (Å²) >= 11 is 0. The molecule has 2 aromatic rings. The fourth-order valence-electron chi connectivity index (χ4n) is 1.94.